The minimum Gasteiger partial charge on any atom is -0.633 e. The van der Waals surface area contributed by atoms with Crippen molar-refractivity contribution >= 4 is 35.5 Å². The summed E-state index contributed by atoms with van der Waals surface area (Å²) in [6.07, 6.45) is -10.5. The Balaban J connectivity index is 1.32. The third kappa shape index (κ3) is 20.6. The number of ether oxygens (including phenoxy) is 5. The first-order valence-corrected chi connectivity index (χ1v) is 24.9. The Hall–Kier alpha value is -4.64. The number of likely N-dealkylation sites (N-methyl/N-ethyl adjacent to an activating group) is 1. The van der Waals surface area contributed by atoms with Gasteiger partial charge in [-0.25, -0.2) is 20.0 Å². The average molecular weight is 1100 g/mol. The topological polar surface area (TPSA) is 428 Å². The minimum absolute atomic E-state index is 0.0241. The maximum atomic E-state index is 13.0. The Morgan fingerprint density at radius 3 is 1.32 bits per heavy atom. The van der Waals surface area contributed by atoms with Crippen LogP contribution in [0.2, 0.25) is 0 Å². The average Bonchev–Trinajstić information content (AvgIpc) is 3.35. The number of quaternary nitrogens is 1. The molecule has 0 radical (unpaired) electrons. The molecule has 3 aliphatic heterocycles. The van der Waals surface area contributed by atoms with Crippen molar-refractivity contribution in [3.8, 4) is 0 Å². The molecule has 0 aliphatic carbocycles. The molecule has 0 spiro atoms. The summed E-state index contributed by atoms with van der Waals surface area (Å²) in [6.45, 7) is 2.39. The fourth-order valence-electron chi connectivity index (χ4n) is 7.98. The molecule has 76 heavy (non-hydrogen) atoms. The number of hydroxylamine groups is 9. The Kier molecular flexibility index (Phi) is 27.4. The number of amides is 5. The van der Waals surface area contributed by atoms with Crippen LogP contribution < -0.4 is 10.6 Å². The van der Waals surface area contributed by atoms with Gasteiger partial charge in [-0.2, -0.15) is 0 Å². The highest BCUT2D eigenvalue weighted by atomic mass is 16.7. The number of hydrogen-bond donors (Lipinski definition) is 13. The Labute approximate surface area is 439 Å². The van der Waals surface area contributed by atoms with E-state index >= 15 is 0 Å². The number of piperazine rings is 1. The van der Waals surface area contributed by atoms with Crippen LogP contribution in [0.5, 0.6) is 0 Å². The second kappa shape index (κ2) is 31.7. The zero-order valence-electron chi connectivity index (χ0n) is 43.4. The van der Waals surface area contributed by atoms with Gasteiger partial charge in [-0.15, -0.1) is 0 Å². The van der Waals surface area contributed by atoms with E-state index in [1.54, 1.807) is 20.8 Å². The van der Waals surface area contributed by atoms with Crippen molar-refractivity contribution in [3.05, 3.63) is 40.2 Å². The van der Waals surface area contributed by atoms with E-state index in [0.29, 0.717) is 31.9 Å². The zero-order chi connectivity index (χ0) is 57.0. The van der Waals surface area contributed by atoms with Crippen LogP contribution in [0.25, 0.3) is 0 Å². The van der Waals surface area contributed by atoms with Crippen molar-refractivity contribution in [2.75, 3.05) is 66.8 Å². The fraction of sp³-hybridized carbons (Fsp3) is 0.745. The number of esters is 1. The molecule has 0 bridgehead atoms. The lowest BCUT2D eigenvalue weighted by molar-refractivity contribution is -0.858. The summed E-state index contributed by atoms with van der Waals surface area (Å²) in [6, 6.07) is -3.17. The van der Waals surface area contributed by atoms with Gasteiger partial charge in [-0.1, -0.05) is 16.7 Å². The van der Waals surface area contributed by atoms with Crippen LogP contribution in [0.4, 0.5) is 0 Å². The van der Waals surface area contributed by atoms with E-state index in [0.717, 1.165) is 18.2 Å². The van der Waals surface area contributed by atoms with Crippen LogP contribution in [-0.2, 0) is 52.5 Å². The molecular weight excluding hydrogens is 1020 g/mol. The van der Waals surface area contributed by atoms with Gasteiger partial charge in [0.15, 0.2) is 18.6 Å². The zero-order valence-corrected chi connectivity index (χ0v) is 43.4. The van der Waals surface area contributed by atoms with E-state index in [-0.39, 0.29) is 97.2 Å². The molecule has 29 heteroatoms. The molecule has 3 fully saturated rings. The normalized spacial score (nSPS) is 28.0. The van der Waals surface area contributed by atoms with Gasteiger partial charge in [0.2, 0.25) is 11.8 Å². The van der Waals surface area contributed by atoms with Crippen molar-refractivity contribution in [1.29, 1.82) is 0 Å². The first kappa shape index (κ1) is 65.6. The van der Waals surface area contributed by atoms with Gasteiger partial charge < -0.3 is 85.0 Å². The number of carbonyl (C=O) groups is 6. The summed E-state index contributed by atoms with van der Waals surface area (Å²) < 4.78 is 25.6. The number of nitrogens with zero attached hydrogens (tertiary/aromatic N) is 4. The molecule has 3 heterocycles. The molecule has 0 aromatic carbocycles. The van der Waals surface area contributed by atoms with E-state index in [1.807, 2.05) is 0 Å². The summed E-state index contributed by atoms with van der Waals surface area (Å²) in [7, 11) is 2.45. The summed E-state index contributed by atoms with van der Waals surface area (Å²) in [5.41, 5.74) is 1.33. The highest BCUT2D eigenvalue weighted by Crippen LogP contribution is 2.24. The number of rotatable bonds is 30. The van der Waals surface area contributed by atoms with Crippen molar-refractivity contribution in [3.63, 3.8) is 0 Å². The molecule has 29 nitrogen and oxygen atoms in total. The van der Waals surface area contributed by atoms with Crippen LogP contribution in [0, 0.1) is 5.21 Å². The molecule has 5 amide bonds. The second-order valence-electron chi connectivity index (χ2n) is 19.4. The second-order valence-corrected chi connectivity index (χ2v) is 19.4. The van der Waals surface area contributed by atoms with Gasteiger partial charge >= 0.3 is 5.97 Å². The smallest absolute Gasteiger partial charge is 0.365 e. The maximum Gasteiger partial charge on any atom is 0.365 e. The van der Waals surface area contributed by atoms with Gasteiger partial charge in [0.05, 0.1) is 47.1 Å². The highest BCUT2D eigenvalue weighted by molar-refractivity contribution is 5.97. The Morgan fingerprint density at radius 1 is 0.605 bits per heavy atom. The quantitative estimate of drug-likeness (QED) is 0.0107. The number of aliphatic hydroxyl groups is 8. The predicted octanol–water partition coefficient (Wildman–Crippen LogP) is -3.91. The third-order valence-electron chi connectivity index (χ3n) is 12.7. The molecule has 0 aromatic heterocycles. The Bertz CT molecular complexity index is 2000. The lowest BCUT2D eigenvalue weighted by Crippen LogP contribution is -2.61. The number of hydrogen-bond acceptors (Lipinski definition) is 23. The molecule has 0 aromatic rings. The first-order valence-electron chi connectivity index (χ1n) is 24.9. The van der Waals surface area contributed by atoms with Gasteiger partial charge in [-0.05, 0) is 65.7 Å². The third-order valence-corrected chi connectivity index (χ3v) is 12.7. The summed E-state index contributed by atoms with van der Waals surface area (Å²) >= 11 is 0. The van der Waals surface area contributed by atoms with Crippen molar-refractivity contribution in [1.82, 2.24) is 25.8 Å². The summed E-state index contributed by atoms with van der Waals surface area (Å²) in [5, 5.41) is 129. The van der Waals surface area contributed by atoms with Crippen molar-refractivity contribution in [2.45, 2.75) is 158 Å². The van der Waals surface area contributed by atoms with Gasteiger partial charge in [0.25, 0.3) is 17.7 Å². The molecular formula is C47H78N6O23. The monoisotopic (exact) mass is 1090 g/mol. The summed E-state index contributed by atoms with van der Waals surface area (Å²) in [4.78, 5) is 76.4. The highest BCUT2D eigenvalue weighted by Gasteiger charge is 2.45. The standard InChI is InChI=1S/C47H78N6O23/c1-26(12-18-72-45(67)31(53(4,5)71)11-8-17-52(70)36(58)23-28(3)14-20-74-47-42(64)40(62)38(60)33(25-55)76-47)21-34(56)50(68)15-6-9-29-43(65)49-30(44(66)48-29)10-7-16-51(69)35(57)22-27(2)13-19-73-46-41(63)39(61)37(59)32(24-54)75-46/h21-23,29-33,37-42,46-47,54-55,59-64,68-70H,6-20,24-25H2,1-5H3,(H,48,66)(H,49,65)/b26-21+,27-22+,28-23+/t29-,30-,31-,32+,33+,37+,38+,39-,40-,41-,42-,46+,47+/m0/s1. The first-order chi connectivity index (χ1) is 35.7. The Morgan fingerprint density at radius 2 is 0.961 bits per heavy atom. The fourth-order valence-corrected chi connectivity index (χ4v) is 7.98. The van der Waals surface area contributed by atoms with E-state index in [1.165, 1.54) is 14.1 Å². The predicted molar refractivity (Wildman–Crippen MR) is 257 cm³/mol. The van der Waals surface area contributed by atoms with Crippen LogP contribution in [-0.4, -0.2) is 258 Å². The van der Waals surface area contributed by atoms with Crippen molar-refractivity contribution < 1.29 is 114 Å². The van der Waals surface area contributed by atoms with Gasteiger partial charge in [0.1, 0.15) is 60.9 Å². The van der Waals surface area contributed by atoms with Crippen molar-refractivity contribution in [2.24, 2.45) is 0 Å². The lowest BCUT2D eigenvalue weighted by atomic mass is 9.99. The van der Waals surface area contributed by atoms with E-state index < -0.39 is 133 Å². The SMILES string of the molecule is C/C(=C\C(=O)N(O)CCC[C@@H]1NC(=O)[C@H](CCCN(O)C(=O)/C=C(\C)CCO[C@@H]2O[C@H](CO)[C@@H](O)[C@H](O)[C@@H]2O)NC1=O)CCOC(=O)[C@H](CCCN(O)C(=O)/C=C(\C)CCO[C@@H]1O[C@H](CO)[C@@H](O)[C@H](O)[C@@H]1O)[N+](C)(C)[O-]. The van der Waals surface area contributed by atoms with Gasteiger partial charge in [0, 0.05) is 50.7 Å². The van der Waals surface area contributed by atoms with E-state index in [4.69, 9.17) is 23.7 Å². The molecule has 13 atom stereocenters. The van der Waals surface area contributed by atoms with E-state index in [2.05, 4.69) is 10.6 Å². The lowest BCUT2D eigenvalue weighted by Gasteiger charge is -2.40. The van der Waals surface area contributed by atoms with Crippen LogP contribution >= 0.6 is 0 Å². The molecule has 0 unspecified atom stereocenters. The van der Waals surface area contributed by atoms with Gasteiger partial charge in [-0.3, -0.25) is 39.6 Å². The van der Waals surface area contributed by atoms with E-state index in [9.17, 15) is 90.4 Å². The molecule has 3 saturated heterocycles. The molecule has 13 N–H and O–H groups in total. The molecule has 0 saturated carbocycles. The van der Waals surface area contributed by atoms with Crippen LogP contribution in [0.1, 0.15) is 78.6 Å². The number of carbonyl (C=O) groups excluding carboxylic acids is 6. The minimum atomic E-state index is -1.62. The molecule has 434 valence electrons. The number of nitrogens with one attached hydrogen (secondary N) is 2. The molecule has 3 aliphatic rings. The van der Waals surface area contributed by atoms with Crippen LogP contribution in [0.3, 0.4) is 0 Å². The number of aliphatic hydroxyl groups excluding tert-OH is 8. The largest absolute Gasteiger partial charge is 0.633 e. The summed E-state index contributed by atoms with van der Waals surface area (Å²) in [5.74, 6) is -4.28. The maximum absolute atomic E-state index is 13.0. The van der Waals surface area contributed by atoms with Crippen LogP contribution in [0.15, 0.2) is 34.9 Å². The molecule has 3 rings (SSSR count).